The number of rotatable bonds is 4. The van der Waals surface area contributed by atoms with E-state index in [9.17, 15) is 4.79 Å². The maximum Gasteiger partial charge on any atom is 0.262 e. The number of halogens is 2. The van der Waals surface area contributed by atoms with Gasteiger partial charge in [0.1, 0.15) is 11.6 Å². The zero-order valence-corrected chi connectivity index (χ0v) is 12.2. The van der Waals surface area contributed by atoms with Crippen molar-refractivity contribution >= 4 is 35.2 Å². The van der Waals surface area contributed by atoms with Crippen LogP contribution < -0.4 is 5.32 Å². The molecule has 0 saturated carbocycles. The number of carbonyl (C=O) groups excluding carboxylic acids is 1. The summed E-state index contributed by atoms with van der Waals surface area (Å²) in [7, 11) is 0. The highest BCUT2D eigenvalue weighted by Crippen LogP contribution is 2.27. The lowest BCUT2D eigenvalue weighted by atomic mass is 10.1. The van der Waals surface area contributed by atoms with Crippen molar-refractivity contribution in [3.8, 4) is 6.07 Å². The normalized spacial score (nSPS) is 12.7. The molecular weight excluding hydrogens is 283 g/mol. The molecule has 0 heterocycles. The smallest absolute Gasteiger partial charge is 0.262 e. The number of amides is 1. The van der Waals surface area contributed by atoms with Gasteiger partial charge in [-0.15, -0.1) is 0 Å². The number of nitriles is 1. The highest BCUT2D eigenvalue weighted by Gasteiger charge is 2.12. The maximum atomic E-state index is 11.9. The number of nitrogens with zero attached hydrogens (tertiary/aromatic N) is 1. The lowest BCUT2D eigenvalue weighted by molar-refractivity contribution is -0.117. The van der Waals surface area contributed by atoms with Crippen LogP contribution in [0.3, 0.4) is 0 Å². The molecule has 0 unspecified atom stereocenters. The Morgan fingerprint density at radius 3 is 2.79 bits per heavy atom. The highest BCUT2D eigenvalue weighted by molar-refractivity contribution is 6.43. The largest absolute Gasteiger partial charge is 0.349 e. The zero-order valence-electron chi connectivity index (χ0n) is 10.7. The van der Waals surface area contributed by atoms with Gasteiger partial charge in [-0.05, 0) is 31.1 Å². The van der Waals surface area contributed by atoms with Gasteiger partial charge in [0, 0.05) is 6.04 Å². The predicted molar refractivity (Wildman–Crippen MR) is 77.9 cm³/mol. The predicted octanol–water partition coefficient (Wildman–Crippen LogP) is 3.82. The van der Waals surface area contributed by atoms with E-state index in [1.165, 1.54) is 6.08 Å². The lowest BCUT2D eigenvalue weighted by Crippen LogP contribution is -2.32. The van der Waals surface area contributed by atoms with Crippen LogP contribution in [-0.4, -0.2) is 11.9 Å². The van der Waals surface area contributed by atoms with Crippen LogP contribution in [-0.2, 0) is 4.79 Å². The van der Waals surface area contributed by atoms with Crippen molar-refractivity contribution in [2.75, 3.05) is 0 Å². The quantitative estimate of drug-likeness (QED) is 0.678. The number of benzene rings is 1. The fourth-order valence-electron chi connectivity index (χ4n) is 1.34. The highest BCUT2D eigenvalue weighted by atomic mass is 35.5. The third-order valence-corrected chi connectivity index (χ3v) is 3.47. The van der Waals surface area contributed by atoms with Gasteiger partial charge in [-0.3, -0.25) is 4.79 Å². The van der Waals surface area contributed by atoms with E-state index >= 15 is 0 Å². The first-order valence-corrected chi connectivity index (χ1v) is 6.61. The molecular formula is C14H14Cl2N2O. The summed E-state index contributed by atoms with van der Waals surface area (Å²) in [6.07, 6.45) is 2.23. The van der Waals surface area contributed by atoms with Crippen LogP contribution >= 0.6 is 23.2 Å². The minimum absolute atomic E-state index is 0.00414. The van der Waals surface area contributed by atoms with Gasteiger partial charge in [-0.25, -0.2) is 0 Å². The zero-order chi connectivity index (χ0) is 14.4. The Morgan fingerprint density at radius 1 is 1.53 bits per heavy atom. The summed E-state index contributed by atoms with van der Waals surface area (Å²) in [5, 5.41) is 12.5. The monoisotopic (exact) mass is 296 g/mol. The lowest BCUT2D eigenvalue weighted by Gasteiger charge is -2.10. The van der Waals surface area contributed by atoms with Crippen molar-refractivity contribution in [2.45, 2.75) is 26.3 Å². The molecule has 1 rings (SSSR count). The second kappa shape index (κ2) is 7.18. The molecule has 1 aromatic carbocycles. The van der Waals surface area contributed by atoms with E-state index in [2.05, 4.69) is 5.32 Å². The van der Waals surface area contributed by atoms with Crippen LogP contribution in [0.15, 0.2) is 23.8 Å². The third-order valence-electron chi connectivity index (χ3n) is 2.64. The van der Waals surface area contributed by atoms with E-state index in [1.807, 2.05) is 19.9 Å². The topological polar surface area (TPSA) is 52.9 Å². The Morgan fingerprint density at radius 2 is 2.21 bits per heavy atom. The molecule has 0 radical (unpaired) electrons. The van der Waals surface area contributed by atoms with Gasteiger partial charge in [0.05, 0.1) is 10.0 Å². The first-order chi connectivity index (χ1) is 8.99. The first-order valence-electron chi connectivity index (χ1n) is 5.86. The summed E-state index contributed by atoms with van der Waals surface area (Å²) >= 11 is 11.9. The summed E-state index contributed by atoms with van der Waals surface area (Å²) in [5.41, 5.74) is 0.550. The molecule has 0 aliphatic rings. The van der Waals surface area contributed by atoms with E-state index in [4.69, 9.17) is 28.5 Å². The molecule has 0 saturated heterocycles. The summed E-state index contributed by atoms with van der Waals surface area (Å²) in [4.78, 5) is 11.9. The van der Waals surface area contributed by atoms with Crippen LogP contribution in [0.25, 0.3) is 6.08 Å². The van der Waals surface area contributed by atoms with Crippen molar-refractivity contribution in [1.82, 2.24) is 5.32 Å². The Bertz CT molecular complexity index is 547. The second-order valence-electron chi connectivity index (χ2n) is 4.10. The SMILES string of the molecule is CC[C@@H](C)NC(=O)/C(C#N)=C/c1cccc(Cl)c1Cl. The molecule has 1 amide bonds. The van der Waals surface area contributed by atoms with Crippen molar-refractivity contribution in [3.63, 3.8) is 0 Å². The average molecular weight is 297 g/mol. The van der Waals surface area contributed by atoms with Crippen LogP contribution in [0, 0.1) is 11.3 Å². The number of hydrogen-bond donors (Lipinski definition) is 1. The molecule has 19 heavy (non-hydrogen) atoms. The molecule has 100 valence electrons. The molecule has 0 spiro atoms. The van der Waals surface area contributed by atoms with E-state index < -0.39 is 5.91 Å². The molecule has 0 aliphatic carbocycles. The Hall–Kier alpha value is -1.50. The Kier molecular flexibility index (Phi) is 5.88. The molecule has 0 aromatic heterocycles. The molecule has 0 bridgehead atoms. The van der Waals surface area contributed by atoms with Crippen LogP contribution in [0.5, 0.6) is 0 Å². The van der Waals surface area contributed by atoms with E-state index in [-0.39, 0.29) is 11.6 Å². The molecule has 0 fully saturated rings. The summed E-state index contributed by atoms with van der Waals surface area (Å²) in [6.45, 7) is 3.83. The van der Waals surface area contributed by atoms with Crippen LogP contribution in [0.4, 0.5) is 0 Å². The Balaban J connectivity index is 3.03. The fourth-order valence-corrected chi connectivity index (χ4v) is 1.70. The van der Waals surface area contributed by atoms with Gasteiger partial charge >= 0.3 is 0 Å². The first kappa shape index (κ1) is 15.6. The number of hydrogen-bond acceptors (Lipinski definition) is 2. The number of carbonyl (C=O) groups is 1. The maximum absolute atomic E-state index is 11.9. The van der Waals surface area contributed by atoms with Crippen molar-refractivity contribution in [2.24, 2.45) is 0 Å². The molecule has 3 nitrogen and oxygen atoms in total. The second-order valence-corrected chi connectivity index (χ2v) is 4.88. The summed E-state index contributed by atoms with van der Waals surface area (Å²) in [5.74, 6) is -0.409. The molecule has 5 heteroatoms. The van der Waals surface area contributed by atoms with Gasteiger partial charge in [-0.2, -0.15) is 5.26 Å². The molecule has 1 aromatic rings. The van der Waals surface area contributed by atoms with Crippen molar-refractivity contribution in [3.05, 3.63) is 39.4 Å². The van der Waals surface area contributed by atoms with Crippen molar-refractivity contribution < 1.29 is 4.79 Å². The standard InChI is InChI=1S/C14H14Cl2N2O/c1-3-9(2)18-14(19)11(8-17)7-10-5-4-6-12(15)13(10)16/h4-7,9H,3H2,1-2H3,(H,18,19)/b11-7+/t9-/m1/s1. The summed E-state index contributed by atoms with van der Waals surface area (Å²) in [6, 6.07) is 6.94. The van der Waals surface area contributed by atoms with Gasteiger partial charge in [0.15, 0.2) is 0 Å². The minimum Gasteiger partial charge on any atom is -0.349 e. The molecule has 0 aliphatic heterocycles. The van der Waals surface area contributed by atoms with E-state index in [0.717, 1.165) is 6.42 Å². The summed E-state index contributed by atoms with van der Waals surface area (Å²) < 4.78 is 0. The fraction of sp³-hybridized carbons (Fsp3) is 0.286. The third kappa shape index (κ3) is 4.27. The van der Waals surface area contributed by atoms with Crippen LogP contribution in [0.1, 0.15) is 25.8 Å². The molecule has 1 N–H and O–H groups in total. The van der Waals surface area contributed by atoms with Crippen LogP contribution in [0.2, 0.25) is 10.0 Å². The van der Waals surface area contributed by atoms with E-state index in [0.29, 0.717) is 15.6 Å². The number of nitrogens with one attached hydrogen (secondary N) is 1. The molecule has 1 atom stereocenters. The van der Waals surface area contributed by atoms with Gasteiger partial charge in [0.2, 0.25) is 0 Å². The van der Waals surface area contributed by atoms with Gasteiger partial charge < -0.3 is 5.32 Å². The van der Waals surface area contributed by atoms with Gasteiger partial charge in [-0.1, -0.05) is 42.3 Å². The van der Waals surface area contributed by atoms with Crippen molar-refractivity contribution in [1.29, 1.82) is 5.26 Å². The van der Waals surface area contributed by atoms with Gasteiger partial charge in [0.25, 0.3) is 5.91 Å². The minimum atomic E-state index is -0.409. The average Bonchev–Trinajstić information content (AvgIpc) is 2.40. The Labute approximate surface area is 122 Å². The van der Waals surface area contributed by atoms with E-state index in [1.54, 1.807) is 18.2 Å².